The highest BCUT2D eigenvalue weighted by Gasteiger charge is 2.25. The summed E-state index contributed by atoms with van der Waals surface area (Å²) < 4.78 is 27.5. The van der Waals surface area contributed by atoms with Gasteiger partial charge in [-0.05, 0) is 64.4 Å². The van der Waals surface area contributed by atoms with Crippen LogP contribution in [0.15, 0.2) is 30.5 Å². The number of anilines is 3. The molecular formula is C26H33FN6O3. The number of alkyl carbamates (subject to hydrolysis) is 1. The van der Waals surface area contributed by atoms with Crippen LogP contribution in [0.4, 0.5) is 26.5 Å². The molecule has 1 aromatic carbocycles. The van der Waals surface area contributed by atoms with Crippen molar-refractivity contribution in [1.82, 2.24) is 14.9 Å². The molecule has 0 fully saturated rings. The maximum atomic E-state index is 14.9. The second-order valence-corrected chi connectivity index (χ2v) is 9.75. The van der Waals surface area contributed by atoms with Crippen molar-refractivity contribution in [2.75, 3.05) is 24.4 Å². The first-order chi connectivity index (χ1) is 16.9. The Morgan fingerprint density at radius 2 is 2.00 bits per heavy atom. The molecular weight excluding hydrogens is 463 g/mol. The predicted molar refractivity (Wildman–Crippen MR) is 138 cm³/mol. The molecule has 0 aliphatic heterocycles. The molecule has 0 aliphatic rings. The number of aryl methyl sites for hydroxylation is 2. The first-order valence-electron chi connectivity index (χ1n) is 11.6. The number of nitrogens with zero attached hydrogens (tertiary/aromatic N) is 3. The number of amides is 1. The number of rotatable bonds is 8. The first-order valence-corrected chi connectivity index (χ1v) is 11.6. The molecule has 9 nitrogen and oxygen atoms in total. The van der Waals surface area contributed by atoms with Gasteiger partial charge in [0.25, 0.3) is 0 Å². The fourth-order valence-electron chi connectivity index (χ4n) is 3.83. The standard InChI is InChI=1S/C26H33FN6O3/c1-15-13-33(6)22-9-8-18(11-19(15)22)30-23-17(12-28)10-20(27)24(32-23)31-21(14-35-7)16(2)29-25(34)36-26(3,4)5/h8-11,13,16,21H,14H2,1-7H3,(H,29,34)(H2,30,31,32)/t16-,21+/m0/s1. The molecule has 0 saturated heterocycles. The van der Waals surface area contributed by atoms with Crippen LogP contribution in [0.25, 0.3) is 10.9 Å². The first kappa shape index (κ1) is 26.8. The van der Waals surface area contributed by atoms with Crippen LogP contribution in [0.3, 0.4) is 0 Å². The van der Waals surface area contributed by atoms with Gasteiger partial charge < -0.3 is 30.0 Å². The van der Waals surface area contributed by atoms with Crippen molar-refractivity contribution in [2.24, 2.45) is 7.05 Å². The third-order valence-corrected chi connectivity index (χ3v) is 5.56. The van der Waals surface area contributed by atoms with E-state index in [4.69, 9.17) is 9.47 Å². The topological polar surface area (TPSA) is 113 Å². The molecule has 2 heterocycles. The molecule has 0 unspecified atom stereocenters. The summed E-state index contributed by atoms with van der Waals surface area (Å²) in [7, 11) is 3.48. The van der Waals surface area contributed by atoms with Gasteiger partial charge in [-0.2, -0.15) is 5.26 Å². The lowest BCUT2D eigenvalue weighted by Gasteiger charge is -2.28. The van der Waals surface area contributed by atoms with Gasteiger partial charge in [0.15, 0.2) is 17.5 Å². The molecule has 0 bridgehead atoms. The Balaban J connectivity index is 1.86. The van der Waals surface area contributed by atoms with Gasteiger partial charge in [0, 0.05) is 36.9 Å². The van der Waals surface area contributed by atoms with Crippen LogP contribution in [0.1, 0.15) is 38.8 Å². The number of methoxy groups -OCH3 is 1. The minimum Gasteiger partial charge on any atom is -0.444 e. The van der Waals surface area contributed by atoms with E-state index in [1.54, 1.807) is 27.7 Å². The lowest BCUT2D eigenvalue weighted by Crippen LogP contribution is -2.48. The summed E-state index contributed by atoms with van der Waals surface area (Å²) in [5, 5.41) is 19.5. The molecule has 0 spiro atoms. The van der Waals surface area contributed by atoms with Gasteiger partial charge in [0.1, 0.15) is 11.7 Å². The van der Waals surface area contributed by atoms with Crippen molar-refractivity contribution < 1.29 is 18.7 Å². The number of hydrogen-bond donors (Lipinski definition) is 3. The largest absolute Gasteiger partial charge is 0.444 e. The highest BCUT2D eigenvalue weighted by atomic mass is 19.1. The third kappa shape index (κ3) is 6.43. The van der Waals surface area contributed by atoms with Crippen molar-refractivity contribution >= 4 is 34.3 Å². The lowest BCUT2D eigenvalue weighted by atomic mass is 10.1. The van der Waals surface area contributed by atoms with Crippen LogP contribution in [0.2, 0.25) is 0 Å². The van der Waals surface area contributed by atoms with E-state index in [0.717, 1.165) is 22.5 Å². The summed E-state index contributed by atoms with van der Waals surface area (Å²) in [5.41, 5.74) is 2.30. The van der Waals surface area contributed by atoms with Crippen LogP contribution in [0, 0.1) is 24.1 Å². The van der Waals surface area contributed by atoms with Gasteiger partial charge in [0.2, 0.25) is 0 Å². The molecule has 3 N–H and O–H groups in total. The van der Waals surface area contributed by atoms with Crippen molar-refractivity contribution in [3.05, 3.63) is 47.4 Å². The number of pyridine rings is 1. The average molecular weight is 497 g/mol. The second-order valence-electron chi connectivity index (χ2n) is 9.75. The van der Waals surface area contributed by atoms with Crippen molar-refractivity contribution in [2.45, 2.75) is 52.3 Å². The number of aromatic nitrogens is 2. The van der Waals surface area contributed by atoms with E-state index in [1.807, 2.05) is 49.0 Å². The molecule has 10 heteroatoms. The SMILES string of the molecule is COC[C@@H](Nc1nc(Nc2ccc3c(c2)c(C)cn3C)c(C#N)cc1F)[C@H](C)NC(=O)OC(C)(C)C. The number of fused-ring (bicyclic) bond motifs is 1. The van der Waals surface area contributed by atoms with E-state index in [9.17, 15) is 14.4 Å². The van der Waals surface area contributed by atoms with Gasteiger partial charge in [-0.1, -0.05) is 0 Å². The molecule has 1 amide bonds. The molecule has 2 aromatic heterocycles. The molecule has 3 rings (SSSR count). The Hall–Kier alpha value is -3.84. The summed E-state index contributed by atoms with van der Waals surface area (Å²) in [5.74, 6) is -0.566. The summed E-state index contributed by atoms with van der Waals surface area (Å²) in [6.07, 6.45) is 1.44. The Bertz CT molecular complexity index is 1290. The zero-order valence-corrected chi connectivity index (χ0v) is 21.7. The Labute approximate surface area is 210 Å². The highest BCUT2D eigenvalue weighted by molar-refractivity contribution is 5.87. The Kier molecular flexibility index (Phi) is 8.05. The van der Waals surface area contributed by atoms with E-state index in [-0.39, 0.29) is 23.8 Å². The second kappa shape index (κ2) is 10.8. The molecule has 36 heavy (non-hydrogen) atoms. The molecule has 2 atom stereocenters. The highest BCUT2D eigenvalue weighted by Crippen LogP contribution is 2.28. The van der Waals surface area contributed by atoms with Crippen LogP contribution in [-0.2, 0) is 16.5 Å². The van der Waals surface area contributed by atoms with Gasteiger partial charge >= 0.3 is 6.09 Å². The van der Waals surface area contributed by atoms with E-state index in [2.05, 4.69) is 20.9 Å². The van der Waals surface area contributed by atoms with Gasteiger partial charge in [-0.25, -0.2) is 14.2 Å². The van der Waals surface area contributed by atoms with Crippen molar-refractivity contribution in [3.8, 4) is 6.07 Å². The minimum atomic E-state index is -0.697. The van der Waals surface area contributed by atoms with Crippen LogP contribution in [0.5, 0.6) is 0 Å². The molecule has 0 radical (unpaired) electrons. The van der Waals surface area contributed by atoms with Crippen molar-refractivity contribution in [3.63, 3.8) is 0 Å². The zero-order chi connectivity index (χ0) is 26.6. The van der Waals surface area contributed by atoms with Gasteiger partial charge in [0.05, 0.1) is 24.3 Å². The minimum absolute atomic E-state index is 0.0613. The van der Waals surface area contributed by atoms with E-state index in [1.165, 1.54) is 7.11 Å². The Morgan fingerprint density at radius 3 is 2.64 bits per heavy atom. The number of carbonyl (C=O) groups is 1. The molecule has 0 aliphatic carbocycles. The predicted octanol–water partition coefficient (Wildman–Crippen LogP) is 4.98. The molecule has 3 aromatic rings. The fraction of sp³-hybridized carbons (Fsp3) is 0.423. The number of nitrogens with one attached hydrogen (secondary N) is 3. The summed E-state index contributed by atoms with van der Waals surface area (Å²) in [6, 6.07) is 7.90. The van der Waals surface area contributed by atoms with E-state index in [0.29, 0.717) is 5.69 Å². The Morgan fingerprint density at radius 1 is 1.28 bits per heavy atom. The maximum absolute atomic E-state index is 14.9. The fourth-order valence-corrected chi connectivity index (χ4v) is 3.83. The number of ether oxygens (including phenoxy) is 2. The number of hydrogen-bond acceptors (Lipinski definition) is 7. The van der Waals surface area contributed by atoms with E-state index < -0.39 is 29.6 Å². The lowest BCUT2D eigenvalue weighted by molar-refractivity contribution is 0.0493. The van der Waals surface area contributed by atoms with Crippen molar-refractivity contribution in [1.29, 1.82) is 5.26 Å². The zero-order valence-electron chi connectivity index (χ0n) is 21.7. The summed E-state index contributed by atoms with van der Waals surface area (Å²) in [6.45, 7) is 9.23. The molecule has 0 saturated carbocycles. The van der Waals surface area contributed by atoms with E-state index >= 15 is 0 Å². The van der Waals surface area contributed by atoms with Crippen LogP contribution >= 0.6 is 0 Å². The maximum Gasteiger partial charge on any atom is 0.407 e. The smallest absolute Gasteiger partial charge is 0.407 e. The van der Waals surface area contributed by atoms with Crippen LogP contribution in [-0.4, -0.2) is 47.0 Å². The third-order valence-electron chi connectivity index (χ3n) is 5.56. The van der Waals surface area contributed by atoms with Crippen LogP contribution < -0.4 is 16.0 Å². The average Bonchev–Trinajstić information content (AvgIpc) is 3.06. The number of halogens is 1. The normalized spacial score (nSPS) is 13.1. The number of benzene rings is 1. The van der Waals surface area contributed by atoms with Gasteiger partial charge in [-0.3, -0.25) is 0 Å². The number of carbonyl (C=O) groups excluding carboxylic acids is 1. The van der Waals surface area contributed by atoms with Gasteiger partial charge in [-0.15, -0.1) is 0 Å². The number of nitriles is 1. The monoisotopic (exact) mass is 496 g/mol. The summed E-state index contributed by atoms with van der Waals surface area (Å²) >= 11 is 0. The summed E-state index contributed by atoms with van der Waals surface area (Å²) in [4.78, 5) is 16.6. The quantitative estimate of drug-likeness (QED) is 0.403. The molecule has 192 valence electrons.